The Morgan fingerprint density at radius 1 is 1.45 bits per heavy atom. The number of aromatic nitrogens is 4. The highest BCUT2D eigenvalue weighted by atomic mass is 35.5. The van der Waals surface area contributed by atoms with Gasteiger partial charge in [0.05, 0.1) is 6.20 Å². The van der Waals surface area contributed by atoms with Gasteiger partial charge in [0.25, 0.3) is 5.56 Å². The van der Waals surface area contributed by atoms with Crippen LogP contribution in [0.25, 0.3) is 11.0 Å². The third-order valence-corrected chi connectivity index (χ3v) is 1.47. The Labute approximate surface area is 65.4 Å². The van der Waals surface area contributed by atoms with Crippen molar-refractivity contribution >= 4 is 22.6 Å². The summed E-state index contributed by atoms with van der Waals surface area (Å²) in [7, 11) is 0. The summed E-state index contributed by atoms with van der Waals surface area (Å²) in [6.07, 6.45) is 1.45. The van der Waals surface area contributed by atoms with E-state index in [0.29, 0.717) is 5.52 Å². The zero-order valence-corrected chi connectivity index (χ0v) is 6.01. The van der Waals surface area contributed by atoms with Gasteiger partial charge < -0.3 is 0 Å². The zero-order chi connectivity index (χ0) is 7.84. The van der Waals surface area contributed by atoms with E-state index in [1.165, 1.54) is 6.20 Å². The molecule has 56 valence electrons. The van der Waals surface area contributed by atoms with E-state index in [1.807, 2.05) is 0 Å². The number of fused-ring (bicyclic) bond motifs is 1. The summed E-state index contributed by atoms with van der Waals surface area (Å²) in [6, 6.07) is 0. The lowest BCUT2D eigenvalue weighted by Crippen LogP contribution is -1.99. The van der Waals surface area contributed by atoms with Crippen molar-refractivity contribution in [2.45, 2.75) is 0 Å². The first-order valence-electron chi connectivity index (χ1n) is 2.86. The molecule has 0 unspecified atom stereocenters. The molecule has 0 spiro atoms. The predicted molar refractivity (Wildman–Crippen MR) is 39.5 cm³/mol. The van der Waals surface area contributed by atoms with E-state index < -0.39 is 0 Å². The molecule has 0 atom stereocenters. The SMILES string of the molecule is O=c1[nH][nH]c2cnc(Cl)nc12. The molecule has 0 radical (unpaired) electrons. The third kappa shape index (κ3) is 0.894. The number of aromatic amines is 2. The van der Waals surface area contributed by atoms with Gasteiger partial charge in [0.1, 0.15) is 5.52 Å². The number of rotatable bonds is 0. The smallest absolute Gasteiger partial charge is 0.290 e. The van der Waals surface area contributed by atoms with Crippen LogP contribution in [-0.4, -0.2) is 20.2 Å². The lowest BCUT2D eigenvalue weighted by Gasteiger charge is -1.85. The molecule has 5 nitrogen and oxygen atoms in total. The van der Waals surface area contributed by atoms with Crippen LogP contribution in [0.3, 0.4) is 0 Å². The van der Waals surface area contributed by atoms with Gasteiger partial charge in [-0.1, -0.05) is 0 Å². The average Bonchev–Trinajstić information content (AvgIpc) is 2.33. The van der Waals surface area contributed by atoms with Crippen molar-refractivity contribution in [1.82, 2.24) is 20.2 Å². The van der Waals surface area contributed by atoms with Crippen molar-refractivity contribution in [3.8, 4) is 0 Å². The molecule has 0 aromatic carbocycles. The number of halogens is 1. The second-order valence-corrected chi connectivity index (χ2v) is 2.32. The molecule has 0 saturated heterocycles. The molecule has 11 heavy (non-hydrogen) atoms. The number of nitrogens with zero attached hydrogens (tertiary/aromatic N) is 2. The van der Waals surface area contributed by atoms with E-state index in [-0.39, 0.29) is 16.4 Å². The molecule has 0 aliphatic carbocycles. The minimum atomic E-state index is -0.288. The highest BCUT2D eigenvalue weighted by Gasteiger charge is 2.01. The van der Waals surface area contributed by atoms with Crippen LogP contribution < -0.4 is 5.56 Å². The number of hydrogen-bond donors (Lipinski definition) is 2. The van der Waals surface area contributed by atoms with Gasteiger partial charge in [0.2, 0.25) is 5.28 Å². The molecular formula is C5H3ClN4O. The van der Waals surface area contributed by atoms with Crippen molar-refractivity contribution in [2.24, 2.45) is 0 Å². The molecule has 2 heterocycles. The van der Waals surface area contributed by atoms with Crippen molar-refractivity contribution in [3.05, 3.63) is 21.8 Å². The van der Waals surface area contributed by atoms with Gasteiger partial charge in [-0.05, 0) is 11.6 Å². The highest BCUT2D eigenvalue weighted by molar-refractivity contribution is 6.28. The number of H-pyrrole nitrogens is 2. The monoisotopic (exact) mass is 170 g/mol. The van der Waals surface area contributed by atoms with Crippen LogP contribution in [0.2, 0.25) is 5.28 Å². The normalized spacial score (nSPS) is 10.6. The van der Waals surface area contributed by atoms with Crippen LogP contribution in [0.1, 0.15) is 0 Å². The predicted octanol–water partition coefficient (Wildman–Crippen LogP) is 0.300. The summed E-state index contributed by atoms with van der Waals surface area (Å²) in [5.74, 6) is 0. The topological polar surface area (TPSA) is 74.4 Å². The number of hydrogen-bond acceptors (Lipinski definition) is 3. The van der Waals surface area contributed by atoms with Gasteiger partial charge in [-0.3, -0.25) is 15.0 Å². The van der Waals surface area contributed by atoms with Gasteiger partial charge in [0, 0.05) is 0 Å². The molecule has 2 aromatic rings. The first kappa shape index (κ1) is 6.36. The second kappa shape index (κ2) is 2.06. The van der Waals surface area contributed by atoms with Crippen molar-refractivity contribution in [3.63, 3.8) is 0 Å². The Balaban J connectivity index is 2.99. The first-order chi connectivity index (χ1) is 5.27. The average molecular weight is 171 g/mol. The molecule has 2 aromatic heterocycles. The molecule has 0 bridgehead atoms. The van der Waals surface area contributed by atoms with Crippen molar-refractivity contribution in [2.75, 3.05) is 0 Å². The quantitative estimate of drug-likeness (QED) is 0.559. The molecule has 0 fully saturated rings. The fourth-order valence-corrected chi connectivity index (χ4v) is 0.941. The third-order valence-electron chi connectivity index (χ3n) is 1.29. The minimum Gasteiger partial charge on any atom is -0.294 e. The highest BCUT2D eigenvalue weighted by Crippen LogP contribution is 2.04. The zero-order valence-electron chi connectivity index (χ0n) is 5.26. The van der Waals surface area contributed by atoms with E-state index in [2.05, 4.69) is 20.2 Å². The van der Waals surface area contributed by atoms with Crippen LogP contribution in [-0.2, 0) is 0 Å². The van der Waals surface area contributed by atoms with Gasteiger partial charge in [-0.2, -0.15) is 0 Å². The van der Waals surface area contributed by atoms with E-state index >= 15 is 0 Å². The summed E-state index contributed by atoms with van der Waals surface area (Å²) in [6.45, 7) is 0. The Kier molecular flexibility index (Phi) is 1.19. The molecule has 0 aliphatic heterocycles. The molecule has 0 amide bonds. The van der Waals surface area contributed by atoms with Crippen molar-refractivity contribution < 1.29 is 0 Å². The summed E-state index contributed by atoms with van der Waals surface area (Å²) in [5.41, 5.74) is 0.550. The molecular weight excluding hydrogens is 168 g/mol. The van der Waals surface area contributed by atoms with Crippen LogP contribution >= 0.6 is 11.6 Å². The van der Waals surface area contributed by atoms with E-state index in [0.717, 1.165) is 0 Å². The van der Waals surface area contributed by atoms with Gasteiger partial charge >= 0.3 is 0 Å². The standard InChI is InChI=1S/C5H3ClN4O/c6-5-7-1-2-3(8-5)4(11)10-9-2/h1H,(H2,9,10,11). The second-order valence-electron chi connectivity index (χ2n) is 1.98. The fraction of sp³-hybridized carbons (Fsp3) is 0. The van der Waals surface area contributed by atoms with Gasteiger partial charge in [0.15, 0.2) is 5.52 Å². The summed E-state index contributed by atoms with van der Waals surface area (Å²) < 4.78 is 0. The fourth-order valence-electron chi connectivity index (χ4n) is 0.808. The molecule has 0 aliphatic rings. The Hall–Kier alpha value is -1.36. The van der Waals surface area contributed by atoms with E-state index in [4.69, 9.17) is 11.6 Å². The summed E-state index contributed by atoms with van der Waals surface area (Å²) in [5, 5.41) is 5.03. The molecule has 6 heteroatoms. The van der Waals surface area contributed by atoms with Crippen LogP contribution in [0.5, 0.6) is 0 Å². The Morgan fingerprint density at radius 2 is 2.27 bits per heavy atom. The maximum atomic E-state index is 10.9. The van der Waals surface area contributed by atoms with Gasteiger partial charge in [-0.25, -0.2) is 9.97 Å². The maximum absolute atomic E-state index is 10.9. The largest absolute Gasteiger partial charge is 0.294 e. The van der Waals surface area contributed by atoms with E-state index in [1.54, 1.807) is 0 Å². The van der Waals surface area contributed by atoms with Gasteiger partial charge in [-0.15, -0.1) is 0 Å². The van der Waals surface area contributed by atoms with Crippen molar-refractivity contribution in [1.29, 1.82) is 0 Å². The summed E-state index contributed by atoms with van der Waals surface area (Å²) in [4.78, 5) is 18.3. The Bertz CT molecular complexity index is 445. The van der Waals surface area contributed by atoms with Crippen LogP contribution in [0.4, 0.5) is 0 Å². The first-order valence-corrected chi connectivity index (χ1v) is 3.24. The molecule has 2 rings (SSSR count). The van der Waals surface area contributed by atoms with Crippen LogP contribution in [0.15, 0.2) is 11.0 Å². The van der Waals surface area contributed by atoms with Crippen LogP contribution in [0, 0.1) is 0 Å². The minimum absolute atomic E-state index is 0.0719. The molecule has 0 saturated carbocycles. The van der Waals surface area contributed by atoms with E-state index in [9.17, 15) is 4.79 Å². The number of nitrogens with one attached hydrogen (secondary N) is 2. The molecule has 2 N–H and O–H groups in total. The Morgan fingerprint density at radius 3 is 3.09 bits per heavy atom. The lowest BCUT2D eigenvalue weighted by atomic mass is 10.5. The lowest BCUT2D eigenvalue weighted by molar-refractivity contribution is 1.08. The maximum Gasteiger partial charge on any atom is 0.290 e. The summed E-state index contributed by atoms with van der Waals surface area (Å²) >= 11 is 5.46.